The Labute approximate surface area is 91.7 Å². The lowest BCUT2D eigenvalue weighted by Crippen LogP contribution is -2.06. The van der Waals surface area contributed by atoms with Crippen molar-refractivity contribution < 1.29 is 0 Å². The van der Waals surface area contributed by atoms with E-state index >= 15 is 0 Å². The maximum atomic E-state index is 5.57. The van der Waals surface area contributed by atoms with E-state index in [4.69, 9.17) is 12.2 Å². The van der Waals surface area contributed by atoms with Gasteiger partial charge < -0.3 is 5.73 Å². The van der Waals surface area contributed by atoms with Gasteiger partial charge in [0.05, 0.1) is 5.69 Å². The van der Waals surface area contributed by atoms with Crippen molar-refractivity contribution in [1.29, 1.82) is 0 Å². The smallest absolute Gasteiger partial charge is 0.0628 e. The van der Waals surface area contributed by atoms with Gasteiger partial charge in [-0.05, 0) is 38.8 Å². The molecule has 0 fully saturated rings. The van der Waals surface area contributed by atoms with Crippen LogP contribution in [0.1, 0.15) is 29.8 Å². The molecule has 0 atom stereocenters. The van der Waals surface area contributed by atoms with Crippen molar-refractivity contribution in [2.75, 3.05) is 6.54 Å². The molecule has 3 nitrogen and oxygen atoms in total. The normalized spacial score (nSPS) is 10.3. The predicted octanol–water partition coefficient (Wildman–Crippen LogP) is 1.41. The third-order valence-corrected chi connectivity index (χ3v) is 2.62. The summed E-state index contributed by atoms with van der Waals surface area (Å²) in [7, 11) is 0. The average Bonchev–Trinajstić information content (AvgIpc) is 2.47. The summed E-state index contributed by atoms with van der Waals surface area (Å²) >= 11 is 0. The maximum absolute atomic E-state index is 5.57. The van der Waals surface area contributed by atoms with E-state index < -0.39 is 0 Å². The summed E-state index contributed by atoms with van der Waals surface area (Å²) in [5.41, 5.74) is 9.18. The number of unbranched alkanes of at least 4 members (excludes halogenated alkanes) is 1. The molecule has 0 saturated heterocycles. The quantitative estimate of drug-likeness (QED) is 0.583. The van der Waals surface area contributed by atoms with Gasteiger partial charge in [0.1, 0.15) is 0 Å². The number of aryl methyl sites for hydroxylation is 2. The van der Waals surface area contributed by atoms with Crippen LogP contribution in [0, 0.1) is 26.2 Å². The summed E-state index contributed by atoms with van der Waals surface area (Å²) in [6.07, 6.45) is 7.92. The van der Waals surface area contributed by atoms with Gasteiger partial charge in [-0.2, -0.15) is 5.10 Å². The van der Waals surface area contributed by atoms with Crippen LogP contribution in [0.15, 0.2) is 0 Å². The zero-order valence-electron chi connectivity index (χ0n) is 9.58. The Morgan fingerprint density at radius 3 is 2.80 bits per heavy atom. The third kappa shape index (κ3) is 2.84. The molecule has 1 aromatic rings. The highest BCUT2D eigenvalue weighted by Gasteiger charge is 2.09. The molecule has 1 heterocycles. The van der Waals surface area contributed by atoms with E-state index in [2.05, 4.69) is 17.9 Å². The van der Waals surface area contributed by atoms with E-state index in [-0.39, 0.29) is 0 Å². The molecule has 3 heteroatoms. The van der Waals surface area contributed by atoms with Gasteiger partial charge in [-0.25, -0.2) is 0 Å². The fourth-order valence-corrected chi connectivity index (χ4v) is 1.79. The summed E-state index contributed by atoms with van der Waals surface area (Å²) in [6, 6.07) is 0. The SMILES string of the molecule is C#CCCCn1nc(C)c(CCN)c1C. The summed E-state index contributed by atoms with van der Waals surface area (Å²) < 4.78 is 2.04. The lowest BCUT2D eigenvalue weighted by atomic mass is 10.1. The van der Waals surface area contributed by atoms with E-state index in [1.54, 1.807) is 0 Å². The van der Waals surface area contributed by atoms with Crippen molar-refractivity contribution in [2.24, 2.45) is 5.73 Å². The van der Waals surface area contributed by atoms with E-state index in [0.717, 1.165) is 31.5 Å². The van der Waals surface area contributed by atoms with E-state index in [9.17, 15) is 0 Å². The van der Waals surface area contributed by atoms with Crippen molar-refractivity contribution in [3.05, 3.63) is 17.0 Å². The first-order valence-electron chi connectivity index (χ1n) is 5.37. The monoisotopic (exact) mass is 205 g/mol. The fraction of sp³-hybridized carbons (Fsp3) is 0.583. The largest absolute Gasteiger partial charge is 0.330 e. The van der Waals surface area contributed by atoms with Crippen molar-refractivity contribution in [3.8, 4) is 12.3 Å². The number of hydrogen-bond donors (Lipinski definition) is 1. The van der Waals surface area contributed by atoms with Crippen molar-refractivity contribution in [3.63, 3.8) is 0 Å². The molecule has 0 unspecified atom stereocenters. The molecule has 0 aromatic carbocycles. The molecule has 0 bridgehead atoms. The van der Waals surface area contributed by atoms with Gasteiger partial charge in [-0.3, -0.25) is 4.68 Å². The first kappa shape index (κ1) is 11.8. The Bertz CT molecular complexity index is 358. The molecule has 82 valence electrons. The molecule has 1 aromatic heterocycles. The first-order valence-corrected chi connectivity index (χ1v) is 5.37. The van der Waals surface area contributed by atoms with Crippen LogP contribution < -0.4 is 5.73 Å². The first-order chi connectivity index (χ1) is 7.20. The number of hydrogen-bond acceptors (Lipinski definition) is 2. The van der Waals surface area contributed by atoms with Crippen molar-refractivity contribution in [2.45, 2.75) is 39.7 Å². The minimum Gasteiger partial charge on any atom is -0.330 e. The summed E-state index contributed by atoms with van der Waals surface area (Å²) in [4.78, 5) is 0. The van der Waals surface area contributed by atoms with Gasteiger partial charge >= 0.3 is 0 Å². The van der Waals surface area contributed by atoms with E-state index in [1.165, 1.54) is 11.3 Å². The molecule has 0 aliphatic rings. The molecule has 0 aliphatic carbocycles. The van der Waals surface area contributed by atoms with Gasteiger partial charge in [-0.15, -0.1) is 12.3 Å². The molecular weight excluding hydrogens is 186 g/mol. The Kier molecular flexibility index (Phi) is 4.38. The Morgan fingerprint density at radius 2 is 2.20 bits per heavy atom. The summed E-state index contributed by atoms with van der Waals surface area (Å²) in [5, 5.41) is 4.49. The van der Waals surface area contributed by atoms with Crippen LogP contribution >= 0.6 is 0 Å². The van der Waals surface area contributed by atoms with Crippen LogP contribution in [0.2, 0.25) is 0 Å². The topological polar surface area (TPSA) is 43.8 Å². The highest BCUT2D eigenvalue weighted by molar-refractivity contribution is 5.24. The highest BCUT2D eigenvalue weighted by atomic mass is 15.3. The third-order valence-electron chi connectivity index (χ3n) is 2.62. The standard InChI is InChI=1S/C12H19N3/c1-4-5-6-9-15-11(3)12(7-8-13)10(2)14-15/h1H,5-9,13H2,2-3H3. The van der Waals surface area contributed by atoms with Gasteiger partial charge in [-0.1, -0.05) is 0 Å². The molecule has 15 heavy (non-hydrogen) atoms. The Balaban J connectivity index is 2.73. The minimum absolute atomic E-state index is 0.678. The van der Waals surface area contributed by atoms with Crippen LogP contribution in [0.5, 0.6) is 0 Å². The average molecular weight is 205 g/mol. The van der Waals surface area contributed by atoms with Gasteiger partial charge in [0.15, 0.2) is 0 Å². The molecular formula is C12H19N3. The van der Waals surface area contributed by atoms with Gasteiger partial charge in [0.2, 0.25) is 0 Å². The van der Waals surface area contributed by atoms with Crippen molar-refractivity contribution in [1.82, 2.24) is 9.78 Å². The van der Waals surface area contributed by atoms with Crippen LogP contribution in [0.4, 0.5) is 0 Å². The van der Waals surface area contributed by atoms with E-state index in [0.29, 0.717) is 6.54 Å². The Hall–Kier alpha value is -1.27. The predicted molar refractivity (Wildman–Crippen MR) is 62.5 cm³/mol. The number of nitrogens with zero attached hydrogens (tertiary/aromatic N) is 2. The second kappa shape index (κ2) is 5.57. The zero-order valence-corrected chi connectivity index (χ0v) is 9.58. The van der Waals surface area contributed by atoms with Crippen LogP contribution in [-0.4, -0.2) is 16.3 Å². The minimum atomic E-state index is 0.678. The molecule has 0 saturated carbocycles. The lowest BCUT2D eigenvalue weighted by molar-refractivity contribution is 0.568. The van der Waals surface area contributed by atoms with Crippen LogP contribution in [0.3, 0.4) is 0 Å². The molecule has 0 amide bonds. The number of terminal acetylenes is 1. The molecule has 2 N–H and O–H groups in total. The van der Waals surface area contributed by atoms with Crippen LogP contribution in [-0.2, 0) is 13.0 Å². The fourth-order valence-electron chi connectivity index (χ4n) is 1.79. The van der Waals surface area contributed by atoms with Crippen LogP contribution in [0.25, 0.3) is 0 Å². The number of rotatable bonds is 5. The van der Waals surface area contributed by atoms with Gasteiger partial charge in [0, 0.05) is 18.7 Å². The second-order valence-electron chi connectivity index (χ2n) is 3.72. The molecule has 0 aliphatic heterocycles. The number of aromatic nitrogens is 2. The molecule has 1 rings (SSSR count). The van der Waals surface area contributed by atoms with Gasteiger partial charge in [0.25, 0.3) is 0 Å². The zero-order chi connectivity index (χ0) is 11.3. The Morgan fingerprint density at radius 1 is 1.47 bits per heavy atom. The number of nitrogens with two attached hydrogens (primary N) is 1. The molecule has 0 spiro atoms. The highest BCUT2D eigenvalue weighted by Crippen LogP contribution is 2.13. The second-order valence-corrected chi connectivity index (χ2v) is 3.72. The summed E-state index contributed by atoms with van der Waals surface area (Å²) in [5.74, 6) is 2.64. The van der Waals surface area contributed by atoms with E-state index in [1.807, 2.05) is 11.6 Å². The molecule has 0 radical (unpaired) electrons. The summed E-state index contributed by atoms with van der Waals surface area (Å²) in [6.45, 7) is 5.72. The maximum Gasteiger partial charge on any atom is 0.0628 e. The van der Waals surface area contributed by atoms with Crippen molar-refractivity contribution >= 4 is 0 Å². The lowest BCUT2D eigenvalue weighted by Gasteiger charge is -2.03.